The van der Waals surface area contributed by atoms with Crippen LogP contribution in [0.15, 0.2) is 30.3 Å². The van der Waals surface area contributed by atoms with Gasteiger partial charge in [0, 0.05) is 10.9 Å². The maximum absolute atomic E-state index is 11.0. The van der Waals surface area contributed by atoms with Crippen LogP contribution in [0.2, 0.25) is 0 Å². The number of carbonyl (C=O) groups excluding carboxylic acids is 1. The lowest BCUT2D eigenvalue weighted by atomic mass is 10.1. The molecule has 0 saturated carbocycles. The highest BCUT2D eigenvalue weighted by atomic mass is 16.5. The van der Waals surface area contributed by atoms with E-state index in [1.54, 1.807) is 6.07 Å². The van der Waals surface area contributed by atoms with Gasteiger partial charge in [-0.05, 0) is 48.6 Å². The van der Waals surface area contributed by atoms with E-state index in [2.05, 4.69) is 13.8 Å². The molecule has 0 fully saturated rings. The lowest BCUT2D eigenvalue weighted by Gasteiger charge is -2.11. The van der Waals surface area contributed by atoms with E-state index in [9.17, 15) is 4.79 Å². The van der Waals surface area contributed by atoms with Crippen LogP contribution in [0.5, 0.6) is 11.5 Å². The summed E-state index contributed by atoms with van der Waals surface area (Å²) in [5, 5.41) is 1.97. The molecule has 0 heterocycles. The standard InChI is InChI=1S/C17H20O3/c1-3-7-19-15-5-6-16-14(11-15)9-13(12-18)10-17(16)20-8-4-2/h5-6,9-12H,3-4,7-8H2,1-2H3. The number of carbonyl (C=O) groups is 1. The monoisotopic (exact) mass is 272 g/mol. The first-order valence-electron chi connectivity index (χ1n) is 7.07. The van der Waals surface area contributed by atoms with Crippen LogP contribution in [0.1, 0.15) is 37.0 Å². The van der Waals surface area contributed by atoms with E-state index in [1.165, 1.54) is 0 Å². The van der Waals surface area contributed by atoms with Crippen molar-refractivity contribution in [1.29, 1.82) is 0 Å². The summed E-state index contributed by atoms with van der Waals surface area (Å²) in [6, 6.07) is 9.53. The molecule has 0 radical (unpaired) electrons. The maximum Gasteiger partial charge on any atom is 0.150 e. The number of ether oxygens (including phenoxy) is 2. The van der Waals surface area contributed by atoms with Gasteiger partial charge in [0.2, 0.25) is 0 Å². The van der Waals surface area contributed by atoms with E-state index in [4.69, 9.17) is 9.47 Å². The Hall–Kier alpha value is -2.03. The average Bonchev–Trinajstić information content (AvgIpc) is 2.49. The van der Waals surface area contributed by atoms with Crippen LogP contribution < -0.4 is 9.47 Å². The topological polar surface area (TPSA) is 35.5 Å². The van der Waals surface area contributed by atoms with Gasteiger partial charge < -0.3 is 9.47 Å². The highest BCUT2D eigenvalue weighted by Gasteiger charge is 2.06. The number of fused-ring (bicyclic) bond motifs is 1. The average molecular weight is 272 g/mol. The second-order valence-electron chi connectivity index (χ2n) is 4.72. The maximum atomic E-state index is 11.0. The smallest absolute Gasteiger partial charge is 0.150 e. The van der Waals surface area contributed by atoms with Crippen molar-refractivity contribution in [2.45, 2.75) is 26.7 Å². The Morgan fingerprint density at radius 1 is 1.00 bits per heavy atom. The van der Waals surface area contributed by atoms with E-state index in [1.807, 2.05) is 24.3 Å². The number of hydrogen-bond acceptors (Lipinski definition) is 3. The Morgan fingerprint density at radius 2 is 1.75 bits per heavy atom. The number of hydrogen-bond donors (Lipinski definition) is 0. The largest absolute Gasteiger partial charge is 0.494 e. The minimum absolute atomic E-state index is 0.622. The Labute approximate surface area is 119 Å². The molecule has 0 aliphatic heterocycles. The van der Waals surface area contributed by atoms with Crippen LogP contribution in [0.4, 0.5) is 0 Å². The van der Waals surface area contributed by atoms with Gasteiger partial charge in [-0.15, -0.1) is 0 Å². The lowest BCUT2D eigenvalue weighted by molar-refractivity contribution is 0.112. The first-order chi connectivity index (χ1) is 9.78. The molecule has 0 amide bonds. The van der Waals surface area contributed by atoms with E-state index < -0.39 is 0 Å². The Kier molecular flexibility index (Phi) is 4.99. The summed E-state index contributed by atoms with van der Waals surface area (Å²) in [4.78, 5) is 11.0. The summed E-state index contributed by atoms with van der Waals surface area (Å²) in [7, 11) is 0. The SMILES string of the molecule is CCCOc1ccc2c(OCCC)cc(C=O)cc2c1. The molecule has 2 rings (SSSR count). The van der Waals surface area contributed by atoms with E-state index in [0.29, 0.717) is 18.8 Å². The third-order valence-electron chi connectivity index (χ3n) is 2.98. The summed E-state index contributed by atoms with van der Waals surface area (Å²) < 4.78 is 11.4. The zero-order chi connectivity index (χ0) is 14.4. The summed E-state index contributed by atoms with van der Waals surface area (Å²) in [6.07, 6.45) is 2.75. The van der Waals surface area contributed by atoms with Crippen molar-refractivity contribution >= 4 is 17.1 Å². The van der Waals surface area contributed by atoms with Crippen molar-refractivity contribution in [3.63, 3.8) is 0 Å². The predicted molar refractivity (Wildman–Crippen MR) is 80.9 cm³/mol. The molecule has 0 aliphatic rings. The van der Waals surface area contributed by atoms with Crippen LogP contribution in [0.25, 0.3) is 10.8 Å². The van der Waals surface area contributed by atoms with Crippen molar-refractivity contribution in [2.75, 3.05) is 13.2 Å². The molecule has 0 saturated heterocycles. The van der Waals surface area contributed by atoms with Crippen LogP contribution in [-0.2, 0) is 0 Å². The molecule has 2 aromatic rings. The fourth-order valence-corrected chi connectivity index (χ4v) is 2.04. The summed E-state index contributed by atoms with van der Waals surface area (Å²) in [5.74, 6) is 1.58. The molecule has 20 heavy (non-hydrogen) atoms. The lowest BCUT2D eigenvalue weighted by Crippen LogP contribution is -1.98. The molecule has 106 valence electrons. The van der Waals surface area contributed by atoms with Gasteiger partial charge in [0.15, 0.2) is 0 Å². The zero-order valence-corrected chi connectivity index (χ0v) is 12.0. The molecule has 0 unspecified atom stereocenters. The number of aldehydes is 1. The van der Waals surface area contributed by atoms with Gasteiger partial charge >= 0.3 is 0 Å². The van der Waals surface area contributed by atoms with Gasteiger partial charge in [0.25, 0.3) is 0 Å². The summed E-state index contributed by atoms with van der Waals surface area (Å²) in [5.41, 5.74) is 0.622. The summed E-state index contributed by atoms with van der Waals surface area (Å²) >= 11 is 0. The minimum Gasteiger partial charge on any atom is -0.494 e. The van der Waals surface area contributed by atoms with E-state index in [0.717, 1.165) is 41.4 Å². The van der Waals surface area contributed by atoms with Gasteiger partial charge in [0.05, 0.1) is 13.2 Å². The van der Waals surface area contributed by atoms with Crippen LogP contribution in [0.3, 0.4) is 0 Å². The van der Waals surface area contributed by atoms with Crippen molar-refractivity contribution in [1.82, 2.24) is 0 Å². The predicted octanol–water partition coefficient (Wildman–Crippen LogP) is 4.23. The quantitative estimate of drug-likeness (QED) is 0.707. The molecule has 0 atom stereocenters. The van der Waals surface area contributed by atoms with Crippen LogP contribution in [-0.4, -0.2) is 19.5 Å². The molecule has 0 bridgehead atoms. The second kappa shape index (κ2) is 6.94. The number of rotatable bonds is 7. The fourth-order valence-electron chi connectivity index (χ4n) is 2.04. The number of benzene rings is 2. The summed E-state index contributed by atoms with van der Waals surface area (Å²) in [6.45, 7) is 5.47. The fraction of sp³-hybridized carbons (Fsp3) is 0.353. The zero-order valence-electron chi connectivity index (χ0n) is 12.0. The highest BCUT2D eigenvalue weighted by Crippen LogP contribution is 2.30. The van der Waals surface area contributed by atoms with Gasteiger partial charge in [-0.25, -0.2) is 0 Å². The van der Waals surface area contributed by atoms with E-state index in [-0.39, 0.29) is 0 Å². The third-order valence-corrected chi connectivity index (χ3v) is 2.98. The Bertz CT molecular complexity index is 590. The normalized spacial score (nSPS) is 10.5. The molecule has 3 heteroatoms. The van der Waals surface area contributed by atoms with Crippen LogP contribution in [0, 0.1) is 0 Å². The minimum atomic E-state index is 0.622. The molecule has 2 aromatic carbocycles. The van der Waals surface area contributed by atoms with Gasteiger partial charge in [-0.2, -0.15) is 0 Å². The van der Waals surface area contributed by atoms with Crippen molar-refractivity contribution in [3.05, 3.63) is 35.9 Å². The third kappa shape index (κ3) is 3.29. The molecule has 0 aromatic heterocycles. The molecular formula is C17H20O3. The van der Waals surface area contributed by atoms with Crippen LogP contribution >= 0.6 is 0 Å². The van der Waals surface area contributed by atoms with Crippen molar-refractivity contribution in [3.8, 4) is 11.5 Å². The molecule has 3 nitrogen and oxygen atoms in total. The first kappa shape index (κ1) is 14.4. The van der Waals surface area contributed by atoms with E-state index >= 15 is 0 Å². The van der Waals surface area contributed by atoms with Crippen molar-refractivity contribution in [2.24, 2.45) is 0 Å². The molecule has 0 spiro atoms. The molecule has 0 N–H and O–H groups in total. The molecule has 0 aliphatic carbocycles. The highest BCUT2D eigenvalue weighted by molar-refractivity contribution is 5.94. The Balaban J connectivity index is 2.42. The van der Waals surface area contributed by atoms with Gasteiger partial charge in [0.1, 0.15) is 17.8 Å². The second-order valence-corrected chi connectivity index (χ2v) is 4.72. The van der Waals surface area contributed by atoms with Crippen molar-refractivity contribution < 1.29 is 14.3 Å². The first-order valence-corrected chi connectivity index (χ1v) is 7.07. The molecular weight excluding hydrogens is 252 g/mol. The van der Waals surface area contributed by atoms with Gasteiger partial charge in [-0.3, -0.25) is 4.79 Å². The Morgan fingerprint density at radius 3 is 2.45 bits per heavy atom. The van der Waals surface area contributed by atoms with Gasteiger partial charge in [-0.1, -0.05) is 13.8 Å².